The second-order valence-electron chi connectivity index (χ2n) is 2.87. The van der Waals surface area contributed by atoms with Crippen molar-refractivity contribution < 1.29 is 4.74 Å². The Hall–Kier alpha value is -1.48. The molecule has 4 heteroatoms. The number of methoxy groups -OCH3 is 1. The van der Waals surface area contributed by atoms with Crippen molar-refractivity contribution >= 4 is 22.4 Å². The van der Waals surface area contributed by atoms with E-state index in [1.54, 1.807) is 18.2 Å². The lowest BCUT2D eigenvalue weighted by molar-refractivity contribution is 0.397. The molecule has 0 radical (unpaired) electrons. The Labute approximate surface area is 85.3 Å². The van der Waals surface area contributed by atoms with Gasteiger partial charge in [-0.3, -0.25) is 9.78 Å². The van der Waals surface area contributed by atoms with Crippen LogP contribution in [0.4, 0.5) is 0 Å². The fourth-order valence-corrected chi connectivity index (χ4v) is 1.63. The first-order valence-corrected chi connectivity index (χ1v) is 4.45. The van der Waals surface area contributed by atoms with Gasteiger partial charge in [0.2, 0.25) is 0 Å². The molecule has 0 aliphatic heterocycles. The lowest BCUT2D eigenvalue weighted by Crippen LogP contribution is -2.07. The van der Waals surface area contributed by atoms with Crippen molar-refractivity contribution in [2.45, 2.75) is 0 Å². The van der Waals surface area contributed by atoms with E-state index in [0.717, 1.165) is 5.39 Å². The van der Waals surface area contributed by atoms with Crippen LogP contribution >= 0.6 is 11.6 Å². The van der Waals surface area contributed by atoms with Crippen LogP contribution in [0.15, 0.2) is 29.1 Å². The van der Waals surface area contributed by atoms with Crippen molar-refractivity contribution in [3.63, 3.8) is 0 Å². The number of H-pyrrole nitrogens is 1. The van der Waals surface area contributed by atoms with Crippen LogP contribution in [0.2, 0.25) is 5.02 Å². The molecule has 1 N–H and O–H groups in total. The van der Waals surface area contributed by atoms with Crippen LogP contribution in [-0.4, -0.2) is 12.1 Å². The summed E-state index contributed by atoms with van der Waals surface area (Å²) in [4.78, 5) is 14.1. The molecule has 1 aromatic carbocycles. The van der Waals surface area contributed by atoms with Gasteiger partial charge in [-0.25, -0.2) is 0 Å². The molecule has 0 unspecified atom stereocenters. The minimum atomic E-state index is -0.232. The molecule has 1 heterocycles. The lowest BCUT2D eigenvalue weighted by atomic mass is 10.2. The van der Waals surface area contributed by atoms with Crippen LogP contribution in [0.1, 0.15) is 0 Å². The van der Waals surface area contributed by atoms with E-state index in [1.165, 1.54) is 7.11 Å². The Kier molecular flexibility index (Phi) is 2.17. The normalized spacial score (nSPS) is 10.4. The van der Waals surface area contributed by atoms with Gasteiger partial charge in [0, 0.05) is 6.07 Å². The van der Waals surface area contributed by atoms with Gasteiger partial charge in [0.15, 0.2) is 5.88 Å². The Bertz CT molecular complexity index is 533. The molecule has 14 heavy (non-hydrogen) atoms. The van der Waals surface area contributed by atoms with Crippen LogP contribution in [0.3, 0.4) is 0 Å². The van der Waals surface area contributed by atoms with Crippen molar-refractivity contribution in [2.24, 2.45) is 0 Å². The molecule has 2 rings (SSSR count). The van der Waals surface area contributed by atoms with E-state index in [2.05, 4.69) is 4.98 Å². The lowest BCUT2D eigenvalue weighted by Gasteiger charge is -2.02. The van der Waals surface area contributed by atoms with Gasteiger partial charge < -0.3 is 4.74 Å². The first-order valence-electron chi connectivity index (χ1n) is 4.08. The van der Waals surface area contributed by atoms with Gasteiger partial charge in [-0.2, -0.15) is 0 Å². The van der Waals surface area contributed by atoms with Crippen molar-refractivity contribution in [3.05, 3.63) is 39.6 Å². The van der Waals surface area contributed by atoms with Crippen LogP contribution in [0.25, 0.3) is 10.8 Å². The second-order valence-corrected chi connectivity index (χ2v) is 3.28. The first-order chi connectivity index (χ1) is 6.72. The van der Waals surface area contributed by atoms with Gasteiger partial charge in [0.25, 0.3) is 5.56 Å². The standard InChI is InChI=1S/C10H8ClNO2/c1-14-8-5-6-3-2-4-7(11)9(6)10(13)12-8/h2-5H,1H3,(H,12,13). The van der Waals surface area contributed by atoms with E-state index in [9.17, 15) is 4.79 Å². The number of hydrogen-bond donors (Lipinski definition) is 1. The topological polar surface area (TPSA) is 42.1 Å². The molecule has 0 bridgehead atoms. The molecule has 0 saturated heterocycles. The predicted molar refractivity (Wildman–Crippen MR) is 56.1 cm³/mol. The van der Waals surface area contributed by atoms with Crippen molar-refractivity contribution in [1.82, 2.24) is 4.98 Å². The number of rotatable bonds is 1. The summed E-state index contributed by atoms with van der Waals surface area (Å²) in [6, 6.07) is 7.04. The van der Waals surface area contributed by atoms with E-state index in [1.807, 2.05) is 6.07 Å². The Morgan fingerprint density at radius 1 is 1.43 bits per heavy atom. The molecular formula is C10H8ClNO2. The molecule has 0 amide bonds. The number of benzene rings is 1. The number of aromatic amines is 1. The van der Waals surface area contributed by atoms with Crippen molar-refractivity contribution in [3.8, 4) is 5.88 Å². The second kappa shape index (κ2) is 3.35. The summed E-state index contributed by atoms with van der Waals surface area (Å²) in [5, 5.41) is 1.72. The summed E-state index contributed by atoms with van der Waals surface area (Å²) >= 11 is 5.90. The predicted octanol–water partition coefficient (Wildman–Crippen LogP) is 2.19. The molecule has 0 aliphatic rings. The summed E-state index contributed by atoms with van der Waals surface area (Å²) in [7, 11) is 1.50. The molecule has 0 saturated carbocycles. The van der Waals surface area contributed by atoms with Crippen LogP contribution in [0, 0.1) is 0 Å². The molecule has 0 fully saturated rings. The summed E-state index contributed by atoms with van der Waals surface area (Å²) in [6.45, 7) is 0. The highest BCUT2D eigenvalue weighted by molar-refractivity contribution is 6.35. The number of fused-ring (bicyclic) bond motifs is 1. The quantitative estimate of drug-likeness (QED) is 0.782. The van der Waals surface area contributed by atoms with Gasteiger partial charge in [-0.05, 0) is 11.5 Å². The van der Waals surface area contributed by atoms with E-state index in [-0.39, 0.29) is 5.56 Å². The van der Waals surface area contributed by atoms with Crippen molar-refractivity contribution in [2.75, 3.05) is 7.11 Å². The van der Waals surface area contributed by atoms with Gasteiger partial charge in [0.05, 0.1) is 17.5 Å². The Morgan fingerprint density at radius 3 is 2.93 bits per heavy atom. The number of pyridine rings is 1. The van der Waals surface area contributed by atoms with Gasteiger partial charge in [-0.1, -0.05) is 23.7 Å². The summed E-state index contributed by atoms with van der Waals surface area (Å²) in [6.07, 6.45) is 0. The molecule has 2 aromatic rings. The number of halogens is 1. The van der Waals surface area contributed by atoms with Crippen molar-refractivity contribution in [1.29, 1.82) is 0 Å². The minimum absolute atomic E-state index is 0.232. The maximum Gasteiger partial charge on any atom is 0.260 e. The van der Waals surface area contributed by atoms with E-state index >= 15 is 0 Å². The zero-order valence-corrected chi connectivity index (χ0v) is 8.26. The molecule has 1 aromatic heterocycles. The average molecular weight is 210 g/mol. The van der Waals surface area contributed by atoms with Crippen LogP contribution in [0.5, 0.6) is 5.88 Å². The Morgan fingerprint density at radius 2 is 2.21 bits per heavy atom. The maximum absolute atomic E-state index is 11.6. The number of hydrogen-bond acceptors (Lipinski definition) is 2. The van der Waals surface area contributed by atoms with Crippen LogP contribution in [-0.2, 0) is 0 Å². The third-order valence-corrected chi connectivity index (χ3v) is 2.33. The number of ether oxygens (including phenoxy) is 1. The highest BCUT2D eigenvalue weighted by Crippen LogP contribution is 2.21. The van der Waals surface area contributed by atoms with Gasteiger partial charge in [-0.15, -0.1) is 0 Å². The third kappa shape index (κ3) is 1.36. The largest absolute Gasteiger partial charge is 0.482 e. The fraction of sp³-hybridized carbons (Fsp3) is 0.100. The molecule has 72 valence electrons. The smallest absolute Gasteiger partial charge is 0.260 e. The summed E-state index contributed by atoms with van der Waals surface area (Å²) in [5.41, 5.74) is -0.232. The molecule has 0 atom stereocenters. The van der Waals surface area contributed by atoms with Gasteiger partial charge >= 0.3 is 0 Å². The third-order valence-electron chi connectivity index (χ3n) is 2.02. The molecule has 3 nitrogen and oxygen atoms in total. The minimum Gasteiger partial charge on any atom is -0.482 e. The highest BCUT2D eigenvalue weighted by atomic mass is 35.5. The fourth-order valence-electron chi connectivity index (χ4n) is 1.36. The first kappa shape index (κ1) is 9.09. The molecule has 0 aliphatic carbocycles. The molecular weight excluding hydrogens is 202 g/mol. The summed E-state index contributed by atoms with van der Waals surface area (Å²) < 4.78 is 4.94. The number of aromatic nitrogens is 1. The van der Waals surface area contributed by atoms with Crippen LogP contribution < -0.4 is 10.3 Å². The Balaban J connectivity index is 2.90. The maximum atomic E-state index is 11.6. The van der Waals surface area contributed by atoms with Gasteiger partial charge in [0.1, 0.15) is 0 Å². The summed E-state index contributed by atoms with van der Waals surface area (Å²) in [5.74, 6) is 0.435. The average Bonchev–Trinajstić information content (AvgIpc) is 2.17. The zero-order chi connectivity index (χ0) is 10.1. The monoisotopic (exact) mass is 209 g/mol. The van der Waals surface area contributed by atoms with E-state index in [4.69, 9.17) is 16.3 Å². The SMILES string of the molecule is COc1cc2cccc(Cl)c2c(=O)[nH]1. The zero-order valence-electron chi connectivity index (χ0n) is 7.50. The van der Waals surface area contributed by atoms with E-state index < -0.39 is 0 Å². The highest BCUT2D eigenvalue weighted by Gasteiger charge is 2.04. The number of nitrogens with one attached hydrogen (secondary N) is 1. The molecule has 0 spiro atoms. The van der Waals surface area contributed by atoms with E-state index in [0.29, 0.717) is 16.3 Å².